The topological polar surface area (TPSA) is 103 Å². The summed E-state index contributed by atoms with van der Waals surface area (Å²) in [6.45, 7) is 2.06. The Kier molecular flexibility index (Phi) is 8.59. The van der Waals surface area contributed by atoms with E-state index in [-0.39, 0.29) is 29.6 Å². The SMILES string of the molecule is Cc1ccc(S(=O)(=O)N(Cc2ccccc2)Cc2ccc(/C=C(/C#N)C(=O)NC3CCCCC3)o2)cc1. The Bertz CT molecular complexity index is 1380. The first-order valence-electron chi connectivity index (χ1n) is 12.5. The van der Waals surface area contributed by atoms with Crippen molar-refractivity contribution in [2.75, 3.05) is 0 Å². The number of nitrogens with one attached hydrogen (secondary N) is 1. The summed E-state index contributed by atoms with van der Waals surface area (Å²) in [5.41, 5.74) is 1.77. The van der Waals surface area contributed by atoms with Gasteiger partial charge in [0.2, 0.25) is 10.0 Å². The van der Waals surface area contributed by atoms with E-state index in [1.807, 2.05) is 43.3 Å². The molecular weight excluding hydrogens is 486 g/mol. The number of aryl methyl sites for hydroxylation is 1. The van der Waals surface area contributed by atoms with Gasteiger partial charge >= 0.3 is 0 Å². The van der Waals surface area contributed by atoms with Crippen LogP contribution in [0.3, 0.4) is 0 Å². The van der Waals surface area contributed by atoms with E-state index in [0.29, 0.717) is 11.5 Å². The molecular formula is C29H31N3O4S. The smallest absolute Gasteiger partial charge is 0.262 e. The zero-order valence-corrected chi connectivity index (χ0v) is 21.7. The van der Waals surface area contributed by atoms with Gasteiger partial charge in [-0.05, 0) is 49.6 Å². The summed E-state index contributed by atoms with van der Waals surface area (Å²) in [4.78, 5) is 12.8. The number of amides is 1. The van der Waals surface area contributed by atoms with Gasteiger partial charge in [0.05, 0.1) is 11.4 Å². The Morgan fingerprint density at radius 2 is 1.73 bits per heavy atom. The van der Waals surface area contributed by atoms with Crippen LogP contribution in [0.15, 0.2) is 81.6 Å². The molecule has 1 aliphatic carbocycles. The van der Waals surface area contributed by atoms with Crippen LogP contribution in [0.2, 0.25) is 0 Å². The van der Waals surface area contributed by atoms with Crippen molar-refractivity contribution in [1.29, 1.82) is 5.26 Å². The Morgan fingerprint density at radius 1 is 1.03 bits per heavy atom. The third-order valence-corrected chi connectivity index (χ3v) is 8.27. The number of benzene rings is 2. The zero-order chi connectivity index (χ0) is 26.3. The predicted octanol–water partition coefficient (Wildman–Crippen LogP) is 5.34. The molecule has 1 amide bonds. The minimum Gasteiger partial charge on any atom is -0.460 e. The van der Waals surface area contributed by atoms with Crippen molar-refractivity contribution in [1.82, 2.24) is 9.62 Å². The van der Waals surface area contributed by atoms with Crippen LogP contribution in [-0.4, -0.2) is 24.7 Å². The first-order chi connectivity index (χ1) is 17.8. The summed E-state index contributed by atoms with van der Waals surface area (Å²) >= 11 is 0. The van der Waals surface area contributed by atoms with E-state index in [0.717, 1.165) is 36.8 Å². The highest BCUT2D eigenvalue weighted by atomic mass is 32.2. The second-order valence-electron chi connectivity index (χ2n) is 9.35. The van der Waals surface area contributed by atoms with E-state index in [2.05, 4.69) is 5.32 Å². The summed E-state index contributed by atoms with van der Waals surface area (Å²) in [6, 6.07) is 21.4. The summed E-state index contributed by atoms with van der Waals surface area (Å²) < 4.78 is 34.3. The highest BCUT2D eigenvalue weighted by Crippen LogP contribution is 2.23. The summed E-state index contributed by atoms with van der Waals surface area (Å²) in [5.74, 6) is 0.306. The number of carbonyl (C=O) groups excluding carboxylic acids is 1. The lowest BCUT2D eigenvalue weighted by molar-refractivity contribution is -0.117. The molecule has 0 unspecified atom stereocenters. The average Bonchev–Trinajstić information content (AvgIpc) is 3.35. The molecule has 1 aromatic heterocycles. The molecule has 1 heterocycles. The predicted molar refractivity (Wildman–Crippen MR) is 141 cm³/mol. The van der Waals surface area contributed by atoms with Gasteiger partial charge in [0.25, 0.3) is 5.91 Å². The Balaban J connectivity index is 1.54. The quantitative estimate of drug-likeness (QED) is 0.305. The van der Waals surface area contributed by atoms with Crippen LogP contribution < -0.4 is 5.32 Å². The fourth-order valence-corrected chi connectivity index (χ4v) is 5.80. The second kappa shape index (κ2) is 12.0. The average molecular weight is 518 g/mol. The molecule has 0 radical (unpaired) electrons. The van der Waals surface area contributed by atoms with E-state index < -0.39 is 15.9 Å². The van der Waals surface area contributed by atoms with Crippen LogP contribution >= 0.6 is 0 Å². The van der Waals surface area contributed by atoms with Crippen molar-refractivity contribution in [2.24, 2.45) is 0 Å². The van der Waals surface area contributed by atoms with Gasteiger partial charge in [-0.25, -0.2) is 8.42 Å². The van der Waals surface area contributed by atoms with Crippen molar-refractivity contribution in [2.45, 2.75) is 63.1 Å². The van der Waals surface area contributed by atoms with Crippen LogP contribution in [-0.2, 0) is 27.9 Å². The summed E-state index contributed by atoms with van der Waals surface area (Å²) in [6.07, 6.45) is 6.55. The molecule has 1 fully saturated rings. The number of furan rings is 1. The molecule has 0 spiro atoms. The zero-order valence-electron chi connectivity index (χ0n) is 20.9. The van der Waals surface area contributed by atoms with Crippen LogP contribution in [0.25, 0.3) is 6.08 Å². The first-order valence-corrected chi connectivity index (χ1v) is 13.9. The largest absolute Gasteiger partial charge is 0.460 e. The summed E-state index contributed by atoms with van der Waals surface area (Å²) in [7, 11) is -3.82. The molecule has 4 rings (SSSR count). The van der Waals surface area contributed by atoms with Gasteiger partial charge in [0.1, 0.15) is 23.2 Å². The van der Waals surface area contributed by atoms with Gasteiger partial charge in [-0.15, -0.1) is 0 Å². The van der Waals surface area contributed by atoms with Gasteiger partial charge in [-0.3, -0.25) is 4.79 Å². The van der Waals surface area contributed by atoms with Gasteiger partial charge < -0.3 is 9.73 Å². The molecule has 7 nitrogen and oxygen atoms in total. The molecule has 0 aliphatic heterocycles. The first kappa shape index (κ1) is 26.4. The lowest BCUT2D eigenvalue weighted by Gasteiger charge is -2.22. The van der Waals surface area contributed by atoms with Crippen molar-refractivity contribution in [3.63, 3.8) is 0 Å². The van der Waals surface area contributed by atoms with Crippen LogP contribution in [0.1, 0.15) is 54.8 Å². The van der Waals surface area contributed by atoms with Crippen molar-refractivity contribution < 1.29 is 17.6 Å². The number of nitriles is 1. The molecule has 8 heteroatoms. The molecule has 37 heavy (non-hydrogen) atoms. The minimum atomic E-state index is -3.82. The molecule has 0 bridgehead atoms. The van der Waals surface area contributed by atoms with Gasteiger partial charge in [-0.2, -0.15) is 9.57 Å². The number of nitrogens with zero attached hydrogens (tertiary/aromatic N) is 2. The maximum absolute atomic E-state index is 13.5. The molecule has 2 aromatic carbocycles. The van der Waals surface area contributed by atoms with Crippen molar-refractivity contribution >= 4 is 22.0 Å². The molecule has 192 valence electrons. The fraction of sp³-hybridized carbons (Fsp3) is 0.310. The van der Waals surface area contributed by atoms with E-state index in [9.17, 15) is 18.5 Å². The van der Waals surface area contributed by atoms with Crippen molar-refractivity contribution in [3.05, 3.63) is 95.0 Å². The highest BCUT2D eigenvalue weighted by Gasteiger charge is 2.26. The Morgan fingerprint density at radius 3 is 2.41 bits per heavy atom. The second-order valence-corrected chi connectivity index (χ2v) is 11.3. The molecule has 1 saturated carbocycles. The Hall–Kier alpha value is -3.67. The number of sulfonamides is 1. The fourth-order valence-electron chi connectivity index (χ4n) is 4.40. The van der Waals surface area contributed by atoms with Crippen molar-refractivity contribution in [3.8, 4) is 6.07 Å². The molecule has 1 N–H and O–H groups in total. The van der Waals surface area contributed by atoms with E-state index in [1.165, 1.54) is 16.8 Å². The van der Waals surface area contributed by atoms with Gasteiger partial charge in [0, 0.05) is 18.7 Å². The number of hydrogen-bond acceptors (Lipinski definition) is 5. The third kappa shape index (κ3) is 6.97. The maximum Gasteiger partial charge on any atom is 0.262 e. The Labute approximate surface area is 218 Å². The molecule has 3 aromatic rings. The monoisotopic (exact) mass is 517 g/mol. The molecule has 0 saturated heterocycles. The minimum absolute atomic E-state index is 0.00486. The molecule has 0 atom stereocenters. The number of carbonyl (C=O) groups is 1. The highest BCUT2D eigenvalue weighted by molar-refractivity contribution is 7.89. The normalized spacial score (nSPS) is 14.9. The van der Waals surface area contributed by atoms with Crippen LogP contribution in [0.4, 0.5) is 0 Å². The molecule has 1 aliphatic rings. The number of rotatable bonds is 9. The lowest BCUT2D eigenvalue weighted by atomic mass is 9.95. The number of hydrogen-bond donors (Lipinski definition) is 1. The summed E-state index contributed by atoms with van der Waals surface area (Å²) in [5, 5.41) is 12.5. The standard InChI is InChI=1S/C29H31N3O4S/c1-22-12-16-28(17-13-22)37(34,35)32(20-23-8-4-2-5-9-23)21-27-15-14-26(36-27)18-24(19-30)29(33)31-25-10-6-3-7-11-25/h2,4-5,8-9,12-18,25H,3,6-7,10-11,20-21H2,1H3,(H,31,33)/b24-18-. The van der Waals surface area contributed by atoms with Gasteiger partial charge in [0.15, 0.2) is 0 Å². The maximum atomic E-state index is 13.5. The van der Waals surface area contributed by atoms with Crippen LogP contribution in [0, 0.1) is 18.3 Å². The third-order valence-electron chi connectivity index (χ3n) is 6.47. The lowest BCUT2D eigenvalue weighted by Crippen LogP contribution is -2.36. The van der Waals surface area contributed by atoms with E-state index in [1.54, 1.807) is 36.4 Å². The van der Waals surface area contributed by atoms with Crippen LogP contribution in [0.5, 0.6) is 0 Å². The van der Waals surface area contributed by atoms with E-state index in [4.69, 9.17) is 4.42 Å². The van der Waals surface area contributed by atoms with E-state index >= 15 is 0 Å². The van der Waals surface area contributed by atoms with Gasteiger partial charge in [-0.1, -0.05) is 67.3 Å².